The fourth-order valence-electron chi connectivity index (χ4n) is 3.64. The summed E-state index contributed by atoms with van der Waals surface area (Å²) < 4.78 is 1.77. The van der Waals surface area contributed by atoms with Crippen LogP contribution in [0.25, 0.3) is 11.3 Å². The van der Waals surface area contributed by atoms with Gasteiger partial charge in [0, 0.05) is 5.56 Å². The summed E-state index contributed by atoms with van der Waals surface area (Å²) in [6, 6.07) is 26.5. The Morgan fingerprint density at radius 1 is 0.690 bits per heavy atom. The molecule has 0 aliphatic carbocycles. The quantitative estimate of drug-likeness (QED) is 0.494. The molecule has 1 aliphatic rings. The van der Waals surface area contributed by atoms with Crippen LogP contribution in [-0.2, 0) is 6.54 Å². The summed E-state index contributed by atoms with van der Waals surface area (Å²) in [6.07, 6.45) is 1.77. The predicted octanol–water partition coefficient (Wildman–Crippen LogP) is 4.40. The molecule has 0 spiro atoms. The summed E-state index contributed by atoms with van der Waals surface area (Å²) in [5.74, 6) is -0.635. The minimum Gasteiger partial charge on any atom is -0.268 e. The summed E-state index contributed by atoms with van der Waals surface area (Å²) in [6.45, 7) is 0.545. The van der Waals surface area contributed by atoms with Crippen molar-refractivity contribution in [1.82, 2.24) is 9.78 Å². The van der Waals surface area contributed by atoms with Crippen molar-refractivity contribution in [3.05, 3.63) is 108 Å². The third kappa shape index (κ3) is 2.93. The second-order valence-electron chi connectivity index (χ2n) is 6.90. The van der Waals surface area contributed by atoms with Crippen LogP contribution in [0.1, 0.15) is 26.3 Å². The maximum absolute atomic E-state index is 13.0. The lowest BCUT2D eigenvalue weighted by Crippen LogP contribution is -2.29. The molecule has 3 aromatic carbocycles. The van der Waals surface area contributed by atoms with Crippen molar-refractivity contribution < 1.29 is 9.59 Å². The Hall–Kier alpha value is -3.99. The van der Waals surface area contributed by atoms with Crippen molar-refractivity contribution in [2.24, 2.45) is 0 Å². The number of nitrogens with zero attached hydrogens (tertiary/aromatic N) is 3. The van der Waals surface area contributed by atoms with Gasteiger partial charge in [-0.05, 0) is 17.7 Å². The molecule has 5 heteroatoms. The largest absolute Gasteiger partial charge is 0.268 e. The third-order valence-corrected chi connectivity index (χ3v) is 5.01. The van der Waals surface area contributed by atoms with Crippen LogP contribution in [0.15, 0.2) is 91.1 Å². The molecule has 5 nitrogen and oxygen atoms in total. The first-order valence-corrected chi connectivity index (χ1v) is 9.37. The minimum absolute atomic E-state index is 0.318. The van der Waals surface area contributed by atoms with Crippen molar-refractivity contribution in [3.8, 4) is 11.3 Å². The minimum atomic E-state index is -0.318. The van der Waals surface area contributed by atoms with Crippen LogP contribution >= 0.6 is 0 Å². The Kier molecular flexibility index (Phi) is 4.06. The van der Waals surface area contributed by atoms with Gasteiger partial charge >= 0.3 is 0 Å². The van der Waals surface area contributed by atoms with Crippen molar-refractivity contribution in [2.75, 3.05) is 4.90 Å². The van der Waals surface area contributed by atoms with Gasteiger partial charge in [-0.25, -0.2) is 4.90 Å². The fourth-order valence-corrected chi connectivity index (χ4v) is 3.64. The Morgan fingerprint density at radius 3 is 1.86 bits per heavy atom. The van der Waals surface area contributed by atoms with Crippen LogP contribution in [0.5, 0.6) is 0 Å². The Bertz CT molecular complexity index is 1180. The molecule has 2 amide bonds. The van der Waals surface area contributed by atoms with E-state index in [1.165, 1.54) is 4.90 Å². The zero-order valence-corrected chi connectivity index (χ0v) is 15.5. The number of anilines is 1. The summed E-state index contributed by atoms with van der Waals surface area (Å²) >= 11 is 0. The molecular formula is C24H17N3O2. The van der Waals surface area contributed by atoms with Crippen LogP contribution in [0.2, 0.25) is 0 Å². The van der Waals surface area contributed by atoms with Gasteiger partial charge in [0.25, 0.3) is 11.8 Å². The first-order chi connectivity index (χ1) is 14.2. The highest BCUT2D eigenvalue weighted by Gasteiger charge is 2.38. The van der Waals surface area contributed by atoms with Gasteiger partial charge in [0.05, 0.1) is 29.6 Å². The van der Waals surface area contributed by atoms with E-state index in [4.69, 9.17) is 5.10 Å². The number of imide groups is 1. The Morgan fingerprint density at radius 2 is 1.24 bits per heavy atom. The van der Waals surface area contributed by atoms with Gasteiger partial charge in [-0.3, -0.25) is 14.3 Å². The smallest absolute Gasteiger partial charge is 0.266 e. The summed E-state index contributed by atoms with van der Waals surface area (Å²) in [4.78, 5) is 27.3. The lowest BCUT2D eigenvalue weighted by molar-refractivity contribution is 0.0926. The lowest BCUT2D eigenvalue weighted by atomic mass is 10.1. The number of hydrogen-bond acceptors (Lipinski definition) is 3. The Balaban J connectivity index is 1.62. The number of amides is 2. The predicted molar refractivity (Wildman–Crippen MR) is 111 cm³/mol. The first-order valence-electron chi connectivity index (χ1n) is 9.37. The fraction of sp³-hybridized carbons (Fsp3) is 0.0417. The van der Waals surface area contributed by atoms with E-state index in [9.17, 15) is 9.59 Å². The van der Waals surface area contributed by atoms with Gasteiger partial charge in [0.1, 0.15) is 5.69 Å². The monoisotopic (exact) mass is 379 g/mol. The molecule has 0 N–H and O–H groups in total. The molecule has 0 unspecified atom stereocenters. The van der Waals surface area contributed by atoms with Gasteiger partial charge in [-0.15, -0.1) is 0 Å². The molecule has 140 valence electrons. The van der Waals surface area contributed by atoms with Crippen LogP contribution in [0.3, 0.4) is 0 Å². The van der Waals surface area contributed by atoms with E-state index in [0.717, 1.165) is 11.1 Å². The molecule has 29 heavy (non-hydrogen) atoms. The van der Waals surface area contributed by atoms with E-state index in [1.54, 1.807) is 35.1 Å². The van der Waals surface area contributed by atoms with E-state index >= 15 is 0 Å². The topological polar surface area (TPSA) is 55.2 Å². The average molecular weight is 379 g/mol. The number of carbonyl (C=O) groups excluding carboxylic acids is 2. The summed E-state index contributed by atoms with van der Waals surface area (Å²) in [7, 11) is 0. The third-order valence-electron chi connectivity index (χ3n) is 5.01. The maximum atomic E-state index is 13.0. The summed E-state index contributed by atoms with van der Waals surface area (Å²) in [5, 5.41) is 4.72. The SMILES string of the molecule is O=C1c2ccccc2C(=O)N1c1cn(Cc2ccccc2)nc1-c1ccccc1. The van der Waals surface area contributed by atoms with Crippen LogP contribution in [0.4, 0.5) is 5.69 Å². The number of aromatic nitrogens is 2. The molecule has 5 rings (SSSR count). The van der Waals surface area contributed by atoms with E-state index in [-0.39, 0.29) is 11.8 Å². The van der Waals surface area contributed by atoms with Crippen LogP contribution < -0.4 is 4.90 Å². The van der Waals surface area contributed by atoms with Crippen molar-refractivity contribution in [1.29, 1.82) is 0 Å². The van der Waals surface area contributed by atoms with Gasteiger partial charge in [0.2, 0.25) is 0 Å². The molecule has 1 aliphatic heterocycles. The second-order valence-corrected chi connectivity index (χ2v) is 6.90. The van der Waals surface area contributed by atoms with Crippen LogP contribution in [-0.4, -0.2) is 21.6 Å². The van der Waals surface area contributed by atoms with E-state index < -0.39 is 0 Å². The van der Waals surface area contributed by atoms with Gasteiger partial charge < -0.3 is 0 Å². The highest BCUT2D eigenvalue weighted by atomic mass is 16.2. The second kappa shape index (κ2) is 6.87. The molecular weight excluding hydrogens is 362 g/mol. The highest BCUT2D eigenvalue weighted by molar-refractivity contribution is 6.35. The van der Waals surface area contributed by atoms with Gasteiger partial charge in [0.15, 0.2) is 0 Å². The molecule has 0 saturated carbocycles. The maximum Gasteiger partial charge on any atom is 0.266 e. The van der Waals surface area contributed by atoms with Crippen molar-refractivity contribution in [3.63, 3.8) is 0 Å². The number of hydrogen-bond donors (Lipinski definition) is 0. The van der Waals surface area contributed by atoms with Crippen LogP contribution in [0, 0.1) is 0 Å². The molecule has 0 atom stereocenters. The molecule has 0 fully saturated rings. The summed E-state index contributed by atoms with van der Waals surface area (Å²) in [5.41, 5.74) is 3.89. The van der Waals surface area contributed by atoms with Crippen molar-refractivity contribution >= 4 is 17.5 Å². The lowest BCUT2D eigenvalue weighted by Gasteiger charge is -2.13. The van der Waals surface area contributed by atoms with Gasteiger partial charge in [-0.1, -0.05) is 72.8 Å². The molecule has 0 saturated heterocycles. The standard InChI is InChI=1S/C24H17N3O2/c28-23-19-13-7-8-14-20(19)24(29)27(23)21-16-26(15-17-9-3-1-4-10-17)25-22(21)18-11-5-2-6-12-18/h1-14,16H,15H2. The van der Waals surface area contributed by atoms with E-state index in [1.807, 2.05) is 60.7 Å². The van der Waals surface area contributed by atoms with E-state index in [2.05, 4.69) is 0 Å². The molecule has 2 heterocycles. The number of benzene rings is 3. The average Bonchev–Trinajstić information content (AvgIpc) is 3.28. The normalized spacial score (nSPS) is 13.0. The van der Waals surface area contributed by atoms with E-state index in [0.29, 0.717) is 29.1 Å². The Labute approximate surface area is 167 Å². The number of carbonyl (C=O) groups is 2. The van der Waals surface area contributed by atoms with Gasteiger partial charge in [-0.2, -0.15) is 5.10 Å². The molecule has 0 bridgehead atoms. The van der Waals surface area contributed by atoms with Crippen molar-refractivity contribution in [2.45, 2.75) is 6.54 Å². The number of rotatable bonds is 4. The molecule has 4 aromatic rings. The first kappa shape index (κ1) is 17.1. The number of fused-ring (bicyclic) bond motifs is 1. The molecule has 0 radical (unpaired) electrons. The highest BCUT2D eigenvalue weighted by Crippen LogP contribution is 2.35. The zero-order chi connectivity index (χ0) is 19.8. The molecule has 1 aromatic heterocycles. The zero-order valence-electron chi connectivity index (χ0n) is 15.5.